The molecule has 0 aromatic rings. The lowest BCUT2D eigenvalue weighted by atomic mass is 10.1. The van der Waals surface area contributed by atoms with Crippen molar-refractivity contribution in [3.63, 3.8) is 0 Å². The van der Waals surface area contributed by atoms with Crippen molar-refractivity contribution in [3.05, 3.63) is 6.42 Å². The minimum absolute atomic E-state index is 0.224. The van der Waals surface area contributed by atoms with E-state index in [1.165, 1.54) is 89.9 Å². The molecule has 2 nitrogen and oxygen atoms in total. The Labute approximate surface area is 146 Å². The molecule has 23 heavy (non-hydrogen) atoms. The lowest BCUT2D eigenvalue weighted by Crippen LogP contribution is -2.32. The molecule has 0 fully saturated rings. The molecule has 0 aliphatic heterocycles. The zero-order valence-corrected chi connectivity index (χ0v) is 16.2. The predicted octanol–water partition coefficient (Wildman–Crippen LogP) is 6.54. The normalized spacial score (nSPS) is 10.9. The predicted molar refractivity (Wildman–Crippen MR) is 103 cm³/mol. The van der Waals surface area contributed by atoms with Gasteiger partial charge in [-0.25, -0.2) is 0 Å². The van der Waals surface area contributed by atoms with Crippen LogP contribution in [-0.4, -0.2) is 23.9 Å². The molecule has 2 heteroatoms. The highest BCUT2D eigenvalue weighted by Crippen LogP contribution is 2.10. The van der Waals surface area contributed by atoms with Crippen molar-refractivity contribution in [2.75, 3.05) is 13.1 Å². The van der Waals surface area contributed by atoms with Crippen LogP contribution in [0.5, 0.6) is 0 Å². The van der Waals surface area contributed by atoms with Gasteiger partial charge in [-0.05, 0) is 12.8 Å². The van der Waals surface area contributed by atoms with Crippen LogP contribution in [0.15, 0.2) is 0 Å². The SMILES string of the molecule is C[CH]C(=O)N(CCCCCCCCC)CCCCCCCCC. The van der Waals surface area contributed by atoms with Crippen molar-refractivity contribution in [2.45, 2.75) is 111 Å². The maximum atomic E-state index is 12.0. The number of hydrogen-bond acceptors (Lipinski definition) is 1. The summed E-state index contributed by atoms with van der Waals surface area (Å²) in [7, 11) is 0. The van der Waals surface area contributed by atoms with Crippen LogP contribution in [0.2, 0.25) is 0 Å². The van der Waals surface area contributed by atoms with Gasteiger partial charge in [-0.1, -0.05) is 97.8 Å². The maximum Gasteiger partial charge on any atom is 0.226 e. The average Bonchev–Trinajstić information content (AvgIpc) is 2.57. The molecular formula is C21H42NO. The molecule has 0 saturated carbocycles. The Morgan fingerprint density at radius 3 is 1.35 bits per heavy atom. The second-order valence-corrected chi connectivity index (χ2v) is 6.86. The minimum atomic E-state index is 0.224. The van der Waals surface area contributed by atoms with E-state index in [-0.39, 0.29) is 5.91 Å². The molecule has 0 unspecified atom stereocenters. The van der Waals surface area contributed by atoms with E-state index in [9.17, 15) is 4.79 Å². The summed E-state index contributed by atoms with van der Waals surface area (Å²) < 4.78 is 0. The quantitative estimate of drug-likeness (QED) is 0.278. The van der Waals surface area contributed by atoms with Gasteiger partial charge < -0.3 is 4.90 Å². The van der Waals surface area contributed by atoms with Crippen molar-refractivity contribution >= 4 is 5.91 Å². The van der Waals surface area contributed by atoms with Gasteiger partial charge in [0.05, 0.1) is 0 Å². The van der Waals surface area contributed by atoms with E-state index in [0.29, 0.717) is 0 Å². The van der Waals surface area contributed by atoms with Crippen LogP contribution in [0.1, 0.15) is 111 Å². The van der Waals surface area contributed by atoms with E-state index < -0.39 is 0 Å². The summed E-state index contributed by atoms with van der Waals surface area (Å²) in [5, 5.41) is 0. The fraction of sp³-hybridized carbons (Fsp3) is 0.905. The number of hydrogen-bond donors (Lipinski definition) is 0. The molecule has 0 rings (SSSR count). The highest BCUT2D eigenvalue weighted by Gasteiger charge is 2.10. The molecule has 0 saturated heterocycles. The lowest BCUT2D eigenvalue weighted by Gasteiger charge is -2.22. The average molecular weight is 325 g/mol. The van der Waals surface area contributed by atoms with E-state index in [1.807, 2.05) is 6.92 Å². The largest absolute Gasteiger partial charge is 0.342 e. The van der Waals surface area contributed by atoms with Crippen molar-refractivity contribution in [2.24, 2.45) is 0 Å². The van der Waals surface area contributed by atoms with Crippen molar-refractivity contribution in [1.29, 1.82) is 0 Å². The molecule has 0 aliphatic rings. The molecule has 1 radical (unpaired) electrons. The van der Waals surface area contributed by atoms with Crippen molar-refractivity contribution in [1.82, 2.24) is 4.90 Å². The number of unbranched alkanes of at least 4 members (excludes halogenated alkanes) is 12. The third-order valence-electron chi connectivity index (χ3n) is 4.62. The number of amides is 1. The van der Waals surface area contributed by atoms with E-state index in [4.69, 9.17) is 0 Å². The summed E-state index contributed by atoms with van der Waals surface area (Å²) in [6.07, 6.45) is 20.1. The summed E-state index contributed by atoms with van der Waals surface area (Å²) in [6, 6.07) is 0. The Bertz CT molecular complexity index is 234. The second kappa shape index (κ2) is 17.8. The van der Waals surface area contributed by atoms with Gasteiger partial charge in [0, 0.05) is 19.5 Å². The summed E-state index contributed by atoms with van der Waals surface area (Å²) >= 11 is 0. The molecular weight excluding hydrogens is 282 g/mol. The minimum Gasteiger partial charge on any atom is -0.342 e. The standard InChI is InChI=1S/C21H42NO/c1-4-7-9-11-13-15-17-19-22(21(23)6-3)20-18-16-14-12-10-8-5-2/h6H,4-5,7-20H2,1-3H3. The third-order valence-corrected chi connectivity index (χ3v) is 4.62. The van der Waals surface area contributed by atoms with Crippen LogP contribution in [0.4, 0.5) is 0 Å². The zero-order valence-electron chi connectivity index (χ0n) is 16.2. The zero-order chi connectivity index (χ0) is 17.2. The van der Waals surface area contributed by atoms with Gasteiger partial charge in [0.25, 0.3) is 0 Å². The third kappa shape index (κ3) is 14.8. The van der Waals surface area contributed by atoms with Crippen LogP contribution < -0.4 is 0 Å². The van der Waals surface area contributed by atoms with Gasteiger partial charge >= 0.3 is 0 Å². The van der Waals surface area contributed by atoms with Gasteiger partial charge in [0.15, 0.2) is 0 Å². The summed E-state index contributed by atoms with van der Waals surface area (Å²) in [6.45, 7) is 8.29. The molecule has 137 valence electrons. The van der Waals surface area contributed by atoms with Gasteiger partial charge in [0.2, 0.25) is 5.91 Å². The van der Waals surface area contributed by atoms with Gasteiger partial charge in [-0.3, -0.25) is 4.79 Å². The van der Waals surface area contributed by atoms with Gasteiger partial charge in [-0.15, -0.1) is 0 Å². The molecule has 0 heterocycles. The van der Waals surface area contributed by atoms with Crippen LogP contribution in [0, 0.1) is 6.42 Å². The fourth-order valence-electron chi connectivity index (χ4n) is 3.03. The molecule has 0 aromatic heterocycles. The molecule has 0 bridgehead atoms. The van der Waals surface area contributed by atoms with Crippen molar-refractivity contribution < 1.29 is 4.79 Å². The highest BCUT2D eigenvalue weighted by atomic mass is 16.2. The van der Waals surface area contributed by atoms with E-state index in [0.717, 1.165) is 13.1 Å². The lowest BCUT2D eigenvalue weighted by molar-refractivity contribution is -0.127. The fourth-order valence-corrected chi connectivity index (χ4v) is 3.03. The monoisotopic (exact) mass is 324 g/mol. The molecule has 0 atom stereocenters. The topological polar surface area (TPSA) is 20.3 Å². The first-order valence-electron chi connectivity index (χ1n) is 10.3. The van der Waals surface area contributed by atoms with E-state index in [2.05, 4.69) is 18.7 Å². The first-order chi connectivity index (χ1) is 11.3. The Balaban J connectivity index is 3.67. The van der Waals surface area contributed by atoms with Crippen LogP contribution in [0.25, 0.3) is 0 Å². The first kappa shape index (κ1) is 22.5. The number of carbonyl (C=O) groups is 1. The number of carbonyl (C=O) groups excluding carboxylic acids is 1. The number of nitrogens with zero attached hydrogens (tertiary/aromatic N) is 1. The molecule has 1 amide bonds. The summed E-state index contributed by atoms with van der Waals surface area (Å²) in [5.41, 5.74) is 0. The Hall–Kier alpha value is -0.530. The van der Waals surface area contributed by atoms with E-state index in [1.54, 1.807) is 6.42 Å². The molecule has 0 spiro atoms. The smallest absolute Gasteiger partial charge is 0.226 e. The summed E-state index contributed by atoms with van der Waals surface area (Å²) in [5.74, 6) is 0.224. The van der Waals surface area contributed by atoms with Gasteiger partial charge in [-0.2, -0.15) is 0 Å². The van der Waals surface area contributed by atoms with E-state index >= 15 is 0 Å². The Kier molecular flexibility index (Phi) is 17.4. The molecule has 0 N–H and O–H groups in total. The highest BCUT2D eigenvalue weighted by molar-refractivity contribution is 5.84. The maximum absolute atomic E-state index is 12.0. The Morgan fingerprint density at radius 2 is 1.00 bits per heavy atom. The summed E-state index contributed by atoms with van der Waals surface area (Å²) in [4.78, 5) is 14.1. The Morgan fingerprint density at radius 1 is 0.652 bits per heavy atom. The van der Waals surface area contributed by atoms with Gasteiger partial charge in [0.1, 0.15) is 0 Å². The van der Waals surface area contributed by atoms with Crippen molar-refractivity contribution in [3.8, 4) is 0 Å². The number of rotatable bonds is 17. The first-order valence-corrected chi connectivity index (χ1v) is 10.3. The van der Waals surface area contributed by atoms with Crippen LogP contribution >= 0.6 is 0 Å². The molecule has 0 aliphatic carbocycles. The van der Waals surface area contributed by atoms with Crippen LogP contribution in [0.3, 0.4) is 0 Å². The van der Waals surface area contributed by atoms with Crippen LogP contribution in [-0.2, 0) is 4.79 Å². The molecule has 0 aromatic carbocycles. The second-order valence-electron chi connectivity index (χ2n) is 6.86.